The van der Waals surface area contributed by atoms with E-state index >= 15 is 0 Å². The molecule has 2 aromatic rings. The van der Waals surface area contributed by atoms with Crippen molar-refractivity contribution in [1.29, 1.82) is 0 Å². The Kier molecular flexibility index (Phi) is 6.18. The first-order chi connectivity index (χ1) is 13.1. The van der Waals surface area contributed by atoms with E-state index in [1.54, 1.807) is 19.2 Å². The zero-order valence-electron chi connectivity index (χ0n) is 15.0. The van der Waals surface area contributed by atoms with Crippen LogP contribution < -0.4 is 9.64 Å². The third-order valence-corrected chi connectivity index (χ3v) is 5.46. The Morgan fingerprint density at radius 3 is 2.48 bits per heavy atom. The van der Waals surface area contributed by atoms with Gasteiger partial charge in [0, 0.05) is 55.0 Å². The maximum atomic E-state index is 12.4. The Morgan fingerprint density at radius 2 is 1.85 bits per heavy atom. The lowest BCUT2D eigenvalue weighted by Crippen LogP contribution is -2.49. The largest absolute Gasteiger partial charge is 0.497 e. The zero-order chi connectivity index (χ0) is 19.2. The predicted molar refractivity (Wildman–Crippen MR) is 106 cm³/mol. The first kappa shape index (κ1) is 19.0. The number of methoxy groups -OCH3 is 1. The highest BCUT2D eigenvalue weighted by Gasteiger charge is 2.21. The molecule has 0 bridgehead atoms. The highest BCUT2D eigenvalue weighted by atomic mass is 32.2. The summed E-state index contributed by atoms with van der Waals surface area (Å²) in [5.41, 5.74) is 1.15. The molecule has 0 saturated carbocycles. The highest BCUT2D eigenvalue weighted by Crippen LogP contribution is 2.24. The van der Waals surface area contributed by atoms with E-state index in [0.29, 0.717) is 18.8 Å². The van der Waals surface area contributed by atoms with Crippen LogP contribution in [-0.4, -0.2) is 54.8 Å². The molecule has 3 rings (SSSR count). The number of carbonyl (C=O) groups is 1. The summed E-state index contributed by atoms with van der Waals surface area (Å²) in [6.07, 6.45) is 0. The van der Waals surface area contributed by atoms with E-state index < -0.39 is 4.92 Å². The van der Waals surface area contributed by atoms with Crippen molar-refractivity contribution in [3.05, 3.63) is 58.6 Å². The minimum Gasteiger partial charge on any atom is -0.497 e. The molecule has 0 aromatic heterocycles. The van der Waals surface area contributed by atoms with Gasteiger partial charge in [-0.3, -0.25) is 14.9 Å². The molecule has 0 aliphatic carbocycles. The molecule has 1 fully saturated rings. The van der Waals surface area contributed by atoms with E-state index in [9.17, 15) is 14.9 Å². The van der Waals surface area contributed by atoms with Crippen molar-refractivity contribution < 1.29 is 14.5 Å². The minimum absolute atomic E-state index is 0.0549. The molecule has 1 aliphatic rings. The van der Waals surface area contributed by atoms with Crippen LogP contribution in [0.3, 0.4) is 0 Å². The summed E-state index contributed by atoms with van der Waals surface area (Å²) in [5, 5.41) is 10.7. The fourth-order valence-electron chi connectivity index (χ4n) is 2.92. The quantitative estimate of drug-likeness (QED) is 0.431. The predicted octanol–water partition coefficient (Wildman–Crippen LogP) is 3.04. The lowest BCUT2D eigenvalue weighted by molar-refractivity contribution is -0.384. The topological polar surface area (TPSA) is 75.9 Å². The molecule has 1 saturated heterocycles. The normalized spacial score (nSPS) is 14.1. The molecule has 0 atom stereocenters. The third kappa shape index (κ3) is 4.91. The number of nitro groups is 1. The number of non-ortho nitro benzene ring substituents is 1. The standard InChI is InChI=1S/C19H21N3O4S/c1-26-17-4-2-3-16(13-17)20-9-11-21(12-10-20)19(23)14-27-18-7-5-15(6-8-18)22(24)25/h2-8,13H,9-12,14H2,1H3. The molecular weight excluding hydrogens is 366 g/mol. The van der Waals surface area contributed by atoms with Crippen molar-refractivity contribution in [3.8, 4) is 5.75 Å². The number of rotatable bonds is 6. The van der Waals surface area contributed by atoms with Crippen molar-refractivity contribution >= 4 is 29.0 Å². The number of anilines is 1. The van der Waals surface area contributed by atoms with Crippen LogP contribution in [0.5, 0.6) is 5.75 Å². The molecule has 1 aliphatic heterocycles. The van der Waals surface area contributed by atoms with E-state index in [1.165, 1.54) is 23.9 Å². The van der Waals surface area contributed by atoms with Gasteiger partial charge in [0.15, 0.2) is 0 Å². The number of nitrogens with zero attached hydrogens (tertiary/aromatic N) is 3. The lowest BCUT2D eigenvalue weighted by atomic mass is 10.2. The molecular formula is C19H21N3O4S. The van der Waals surface area contributed by atoms with E-state index in [4.69, 9.17) is 4.74 Å². The number of hydrogen-bond acceptors (Lipinski definition) is 6. The molecule has 8 heteroatoms. The zero-order valence-corrected chi connectivity index (χ0v) is 15.9. The summed E-state index contributed by atoms with van der Waals surface area (Å²) in [5.74, 6) is 1.24. The summed E-state index contributed by atoms with van der Waals surface area (Å²) in [6.45, 7) is 2.91. The molecule has 7 nitrogen and oxygen atoms in total. The smallest absolute Gasteiger partial charge is 0.269 e. The van der Waals surface area contributed by atoms with Crippen molar-refractivity contribution in [2.45, 2.75) is 4.90 Å². The van der Waals surface area contributed by atoms with Crippen LogP contribution in [0.2, 0.25) is 0 Å². The van der Waals surface area contributed by atoms with Gasteiger partial charge in [0.25, 0.3) is 5.69 Å². The molecule has 1 heterocycles. The van der Waals surface area contributed by atoms with Crippen LogP contribution in [0.15, 0.2) is 53.4 Å². The van der Waals surface area contributed by atoms with Gasteiger partial charge in [0.1, 0.15) is 5.75 Å². The van der Waals surface area contributed by atoms with Crippen molar-refractivity contribution in [2.24, 2.45) is 0 Å². The summed E-state index contributed by atoms with van der Waals surface area (Å²) in [7, 11) is 1.65. The van der Waals surface area contributed by atoms with Crippen LogP contribution in [0.4, 0.5) is 11.4 Å². The van der Waals surface area contributed by atoms with Crippen molar-refractivity contribution in [2.75, 3.05) is 43.9 Å². The van der Waals surface area contributed by atoms with Crippen molar-refractivity contribution in [3.63, 3.8) is 0 Å². The number of thioether (sulfide) groups is 1. The van der Waals surface area contributed by atoms with Gasteiger partial charge in [-0.1, -0.05) is 6.07 Å². The molecule has 0 radical (unpaired) electrons. The average Bonchev–Trinajstić information content (AvgIpc) is 2.72. The SMILES string of the molecule is COc1cccc(N2CCN(C(=O)CSc3ccc([N+](=O)[O-])cc3)CC2)c1. The van der Waals surface area contributed by atoms with Gasteiger partial charge in [0.2, 0.25) is 5.91 Å². The first-order valence-corrected chi connectivity index (χ1v) is 9.59. The van der Waals surface area contributed by atoms with Gasteiger partial charge in [-0.25, -0.2) is 0 Å². The Bertz CT molecular complexity index is 805. The second-order valence-electron chi connectivity index (χ2n) is 6.11. The van der Waals surface area contributed by atoms with E-state index in [2.05, 4.69) is 4.90 Å². The fraction of sp³-hybridized carbons (Fsp3) is 0.316. The Morgan fingerprint density at radius 1 is 1.15 bits per heavy atom. The van der Waals surface area contributed by atoms with Crippen LogP contribution in [0.25, 0.3) is 0 Å². The number of benzene rings is 2. The van der Waals surface area contributed by atoms with Crippen LogP contribution in [0, 0.1) is 10.1 Å². The number of nitro benzene ring substituents is 1. The summed E-state index contributed by atoms with van der Waals surface area (Å²) >= 11 is 1.40. The number of piperazine rings is 1. The molecule has 27 heavy (non-hydrogen) atoms. The summed E-state index contributed by atoms with van der Waals surface area (Å²) in [6, 6.07) is 14.2. The van der Waals surface area contributed by atoms with Gasteiger partial charge in [-0.2, -0.15) is 0 Å². The van der Waals surface area contributed by atoms with Crippen LogP contribution >= 0.6 is 11.8 Å². The molecule has 0 unspecified atom stereocenters. The van der Waals surface area contributed by atoms with Gasteiger partial charge in [-0.05, 0) is 24.3 Å². The van der Waals surface area contributed by atoms with Gasteiger partial charge in [0.05, 0.1) is 17.8 Å². The van der Waals surface area contributed by atoms with E-state index in [-0.39, 0.29) is 11.6 Å². The first-order valence-electron chi connectivity index (χ1n) is 8.61. The van der Waals surface area contributed by atoms with E-state index in [1.807, 2.05) is 29.2 Å². The average molecular weight is 387 g/mol. The molecule has 2 aromatic carbocycles. The Labute approximate surface area is 162 Å². The van der Waals surface area contributed by atoms with Gasteiger partial charge in [-0.15, -0.1) is 11.8 Å². The van der Waals surface area contributed by atoms with Crippen LogP contribution in [0.1, 0.15) is 0 Å². The second kappa shape index (κ2) is 8.77. The Hall–Kier alpha value is -2.74. The summed E-state index contributed by atoms with van der Waals surface area (Å²) in [4.78, 5) is 27.7. The minimum atomic E-state index is -0.429. The Balaban J connectivity index is 1.48. The fourth-order valence-corrected chi connectivity index (χ4v) is 3.72. The van der Waals surface area contributed by atoms with Crippen molar-refractivity contribution in [1.82, 2.24) is 4.90 Å². The van der Waals surface area contributed by atoms with E-state index in [0.717, 1.165) is 29.4 Å². The summed E-state index contributed by atoms with van der Waals surface area (Å²) < 4.78 is 5.27. The number of hydrogen-bond donors (Lipinski definition) is 0. The number of amides is 1. The molecule has 142 valence electrons. The molecule has 1 amide bonds. The lowest BCUT2D eigenvalue weighted by Gasteiger charge is -2.36. The number of ether oxygens (including phenoxy) is 1. The molecule has 0 N–H and O–H groups in total. The van der Waals surface area contributed by atoms with Crippen LogP contribution in [-0.2, 0) is 4.79 Å². The van der Waals surface area contributed by atoms with Gasteiger partial charge < -0.3 is 14.5 Å². The third-order valence-electron chi connectivity index (χ3n) is 4.46. The monoisotopic (exact) mass is 387 g/mol. The number of carbonyl (C=O) groups excluding carboxylic acids is 1. The van der Waals surface area contributed by atoms with Gasteiger partial charge >= 0.3 is 0 Å². The molecule has 0 spiro atoms. The second-order valence-corrected chi connectivity index (χ2v) is 7.16. The maximum Gasteiger partial charge on any atom is 0.269 e. The maximum absolute atomic E-state index is 12.4. The highest BCUT2D eigenvalue weighted by molar-refractivity contribution is 8.00.